The maximum atomic E-state index is 13.8. The largest absolute Gasteiger partial charge is 0.335 e. The van der Waals surface area contributed by atoms with E-state index < -0.39 is 29.2 Å². The zero-order valence-corrected chi connectivity index (χ0v) is 21.9. The predicted molar refractivity (Wildman–Crippen MR) is 134 cm³/mol. The van der Waals surface area contributed by atoms with Gasteiger partial charge in [0.25, 0.3) is 0 Å². The maximum absolute atomic E-state index is 13.8. The van der Waals surface area contributed by atoms with Crippen LogP contribution in [0.25, 0.3) is 0 Å². The molecule has 0 aliphatic carbocycles. The van der Waals surface area contributed by atoms with Crippen LogP contribution in [0.3, 0.4) is 0 Å². The molecule has 2 fully saturated rings. The lowest BCUT2D eigenvalue weighted by Crippen LogP contribution is -2.75. The van der Waals surface area contributed by atoms with Crippen LogP contribution in [-0.4, -0.2) is 74.6 Å². The summed E-state index contributed by atoms with van der Waals surface area (Å²) in [7, 11) is -0.0747. The van der Waals surface area contributed by atoms with Gasteiger partial charge < -0.3 is 15.1 Å². The van der Waals surface area contributed by atoms with Gasteiger partial charge in [-0.1, -0.05) is 35.3 Å². The first-order chi connectivity index (χ1) is 16.6. The Kier molecular flexibility index (Phi) is 7.83. The molecule has 2 saturated heterocycles. The zero-order valence-electron chi connectivity index (χ0n) is 19.6. The Morgan fingerprint density at radius 2 is 1.77 bits per heavy atom. The van der Waals surface area contributed by atoms with Crippen molar-refractivity contribution in [3.8, 4) is 0 Å². The summed E-state index contributed by atoms with van der Waals surface area (Å²) in [5.74, 6) is -0.811. The summed E-state index contributed by atoms with van der Waals surface area (Å²) in [6, 6.07) is 9.01. The molecular weight excluding hydrogens is 514 g/mol. The number of piperazine rings is 1. The molecule has 0 spiro atoms. The van der Waals surface area contributed by atoms with Crippen molar-refractivity contribution in [1.82, 2.24) is 19.4 Å². The molecule has 7 nitrogen and oxygen atoms in total. The SMILES string of the molecule is CNC1CN(S(=O)c2ccc(Cl)cc2Cl)C2CN(C(C)C)C(=O)C(Cc3ccc(F)cc3)N2C1=O. The van der Waals surface area contributed by atoms with E-state index in [1.165, 1.54) is 23.1 Å². The summed E-state index contributed by atoms with van der Waals surface area (Å²) >= 11 is 12.4. The van der Waals surface area contributed by atoms with E-state index in [4.69, 9.17) is 23.2 Å². The molecule has 2 amide bonds. The highest BCUT2D eigenvalue weighted by Gasteiger charge is 2.52. The molecule has 4 unspecified atom stereocenters. The normalized spacial score (nSPS) is 24.1. The number of rotatable bonds is 6. The van der Waals surface area contributed by atoms with Crippen LogP contribution in [0.5, 0.6) is 0 Å². The molecule has 2 aromatic carbocycles. The first-order valence-corrected chi connectivity index (χ1v) is 13.2. The lowest BCUT2D eigenvalue weighted by atomic mass is 9.96. The van der Waals surface area contributed by atoms with Gasteiger partial charge in [0, 0.05) is 24.0 Å². The van der Waals surface area contributed by atoms with Crippen molar-refractivity contribution < 1.29 is 18.2 Å². The van der Waals surface area contributed by atoms with Crippen LogP contribution in [-0.2, 0) is 27.0 Å². The van der Waals surface area contributed by atoms with Crippen LogP contribution in [0.1, 0.15) is 19.4 Å². The third-order valence-corrected chi connectivity index (χ3v) is 8.65. The number of nitrogens with one attached hydrogen (secondary N) is 1. The highest BCUT2D eigenvalue weighted by molar-refractivity contribution is 7.82. The first-order valence-electron chi connectivity index (χ1n) is 11.3. The highest BCUT2D eigenvalue weighted by atomic mass is 35.5. The fourth-order valence-corrected chi connectivity index (χ4v) is 6.54. The number of amides is 2. The topological polar surface area (TPSA) is 73.0 Å². The molecular formula is C24H27Cl2FN4O3S. The molecule has 0 bridgehead atoms. The molecule has 2 aromatic rings. The van der Waals surface area contributed by atoms with E-state index in [2.05, 4.69) is 5.32 Å². The van der Waals surface area contributed by atoms with Crippen molar-refractivity contribution >= 4 is 46.0 Å². The smallest absolute Gasteiger partial charge is 0.246 e. The second-order valence-corrected chi connectivity index (χ2v) is 11.2. The van der Waals surface area contributed by atoms with Gasteiger partial charge in [0.05, 0.1) is 16.5 Å². The molecule has 0 aromatic heterocycles. The fraction of sp³-hybridized carbons (Fsp3) is 0.417. The second kappa shape index (κ2) is 10.5. The molecule has 188 valence electrons. The van der Waals surface area contributed by atoms with E-state index >= 15 is 0 Å². The summed E-state index contributed by atoms with van der Waals surface area (Å²) in [5, 5.41) is 3.68. The first kappa shape index (κ1) is 26.0. The van der Waals surface area contributed by atoms with Gasteiger partial charge in [0.1, 0.15) is 35.1 Å². The summed E-state index contributed by atoms with van der Waals surface area (Å²) in [6.07, 6.45) is -0.423. The van der Waals surface area contributed by atoms with Crippen LogP contribution < -0.4 is 5.32 Å². The van der Waals surface area contributed by atoms with E-state index in [9.17, 15) is 18.2 Å². The Morgan fingerprint density at radius 1 is 1.09 bits per heavy atom. The monoisotopic (exact) mass is 540 g/mol. The van der Waals surface area contributed by atoms with Gasteiger partial charge in [-0.05, 0) is 56.8 Å². The molecule has 35 heavy (non-hydrogen) atoms. The number of hydrogen-bond acceptors (Lipinski definition) is 4. The van der Waals surface area contributed by atoms with Gasteiger partial charge in [-0.25, -0.2) is 8.60 Å². The van der Waals surface area contributed by atoms with Gasteiger partial charge in [-0.15, -0.1) is 0 Å². The van der Waals surface area contributed by atoms with Gasteiger partial charge in [0.15, 0.2) is 0 Å². The van der Waals surface area contributed by atoms with Gasteiger partial charge >= 0.3 is 0 Å². The predicted octanol–water partition coefficient (Wildman–Crippen LogP) is 3.08. The number of fused-ring (bicyclic) bond motifs is 1. The standard InChI is InChI=1S/C24H27Cl2FN4O3S/c1-14(2)29-13-22-30(35(34)21-9-6-16(25)11-18(21)26)12-19(28-3)23(32)31(22)20(24(29)33)10-15-4-7-17(27)8-5-15/h4-9,11,14,19-20,22,28H,10,12-13H2,1-3H3. The molecule has 2 aliphatic rings. The number of carbonyl (C=O) groups excluding carboxylic acids is 2. The molecule has 4 rings (SSSR count). The Hall–Kier alpha value is -2.04. The van der Waals surface area contributed by atoms with Gasteiger partial charge in [-0.2, -0.15) is 4.31 Å². The Labute approximate surface area is 216 Å². The number of likely N-dealkylation sites (N-methyl/N-ethyl adjacent to an activating group) is 1. The van der Waals surface area contributed by atoms with Crippen LogP contribution in [0.4, 0.5) is 4.39 Å². The summed E-state index contributed by atoms with van der Waals surface area (Å²) in [6.45, 7) is 4.18. The number of benzene rings is 2. The van der Waals surface area contributed by atoms with Gasteiger partial charge in [0.2, 0.25) is 11.8 Å². The minimum Gasteiger partial charge on any atom is -0.335 e. The molecule has 1 N–H and O–H groups in total. The van der Waals surface area contributed by atoms with Crippen molar-refractivity contribution in [3.05, 3.63) is 63.9 Å². The minimum atomic E-state index is -1.73. The van der Waals surface area contributed by atoms with Crippen LogP contribution in [0.2, 0.25) is 10.0 Å². The lowest BCUT2D eigenvalue weighted by molar-refractivity contribution is -0.168. The summed E-state index contributed by atoms with van der Waals surface area (Å²) in [4.78, 5) is 30.7. The fourth-order valence-electron chi connectivity index (χ4n) is 4.59. The van der Waals surface area contributed by atoms with Gasteiger partial charge in [-0.3, -0.25) is 9.59 Å². The molecule has 0 radical (unpaired) electrons. The minimum absolute atomic E-state index is 0.133. The van der Waals surface area contributed by atoms with E-state index in [0.29, 0.717) is 9.92 Å². The third-order valence-electron chi connectivity index (χ3n) is 6.44. The lowest BCUT2D eigenvalue weighted by Gasteiger charge is -2.54. The van der Waals surface area contributed by atoms with E-state index in [-0.39, 0.29) is 48.2 Å². The second-order valence-electron chi connectivity index (χ2n) is 8.92. The number of hydrogen-bond donors (Lipinski definition) is 1. The quantitative estimate of drug-likeness (QED) is 0.611. The van der Waals surface area contributed by atoms with Crippen molar-refractivity contribution in [2.75, 3.05) is 20.1 Å². The zero-order chi connectivity index (χ0) is 25.4. The summed E-state index contributed by atoms with van der Waals surface area (Å²) in [5.41, 5.74) is 0.724. The number of nitrogens with zero attached hydrogens (tertiary/aromatic N) is 3. The molecule has 4 atom stereocenters. The van der Waals surface area contributed by atoms with Crippen molar-refractivity contribution in [1.29, 1.82) is 0 Å². The summed E-state index contributed by atoms with van der Waals surface area (Å²) < 4.78 is 29.0. The average molecular weight is 541 g/mol. The Bertz CT molecular complexity index is 1150. The molecule has 11 heteroatoms. The van der Waals surface area contributed by atoms with E-state index in [1.807, 2.05) is 13.8 Å². The molecule has 0 saturated carbocycles. The van der Waals surface area contributed by atoms with Crippen LogP contribution in [0.15, 0.2) is 47.4 Å². The highest BCUT2D eigenvalue weighted by Crippen LogP contribution is 2.33. The number of carbonyl (C=O) groups is 2. The van der Waals surface area contributed by atoms with Crippen molar-refractivity contribution in [3.63, 3.8) is 0 Å². The third kappa shape index (κ3) is 5.11. The van der Waals surface area contributed by atoms with E-state index in [1.54, 1.807) is 40.5 Å². The van der Waals surface area contributed by atoms with Crippen molar-refractivity contribution in [2.45, 2.75) is 49.5 Å². The maximum Gasteiger partial charge on any atom is 0.246 e. The van der Waals surface area contributed by atoms with E-state index in [0.717, 1.165) is 5.56 Å². The van der Waals surface area contributed by atoms with Crippen LogP contribution >= 0.6 is 23.2 Å². The Balaban J connectivity index is 1.77. The van der Waals surface area contributed by atoms with Crippen LogP contribution in [0, 0.1) is 5.82 Å². The molecule has 2 heterocycles. The molecule has 2 aliphatic heterocycles. The number of halogens is 3. The average Bonchev–Trinajstić information content (AvgIpc) is 2.81. The van der Waals surface area contributed by atoms with Crippen molar-refractivity contribution in [2.24, 2.45) is 0 Å². The Morgan fingerprint density at radius 3 is 2.37 bits per heavy atom.